The SMILES string of the molecule is [Na+].[O-]C(=[Te])c1ccccc1. The summed E-state index contributed by atoms with van der Waals surface area (Å²) in [7, 11) is 0. The van der Waals surface area contributed by atoms with E-state index in [0.29, 0.717) is 0 Å². The van der Waals surface area contributed by atoms with Crippen LogP contribution in [0.3, 0.4) is 0 Å². The van der Waals surface area contributed by atoms with Crippen LogP contribution in [0.2, 0.25) is 0 Å². The molecule has 0 N–H and O–H groups in total. The molecule has 10 heavy (non-hydrogen) atoms. The Hall–Kier alpha value is 0.680. The van der Waals surface area contributed by atoms with Crippen molar-refractivity contribution in [1.29, 1.82) is 0 Å². The van der Waals surface area contributed by atoms with Gasteiger partial charge in [-0.25, -0.2) is 0 Å². The van der Waals surface area contributed by atoms with Crippen molar-refractivity contribution < 1.29 is 34.7 Å². The Morgan fingerprint density at radius 2 is 1.70 bits per heavy atom. The van der Waals surface area contributed by atoms with Crippen LogP contribution in [0.5, 0.6) is 0 Å². The van der Waals surface area contributed by atoms with Crippen LogP contribution in [0.1, 0.15) is 5.56 Å². The molecular formula is C7H5NaOTe. The Morgan fingerprint density at radius 3 is 2.00 bits per heavy atom. The standard InChI is InChI=1S/C7H6OTe.Na/c8-7(9)6-4-2-1-3-5-6;/h1-5H,(H,8,9);/q;+1/p-1. The molecule has 0 saturated heterocycles. The zero-order valence-electron chi connectivity index (χ0n) is 5.70. The zero-order valence-corrected chi connectivity index (χ0v) is 10.0. The molecule has 0 atom stereocenters. The van der Waals surface area contributed by atoms with Gasteiger partial charge in [0.2, 0.25) is 0 Å². The molecule has 0 saturated carbocycles. The molecule has 0 amide bonds. The Labute approximate surface area is 95.1 Å². The van der Waals surface area contributed by atoms with Crippen LogP contribution < -0.4 is 34.7 Å². The van der Waals surface area contributed by atoms with Crippen molar-refractivity contribution in [2.75, 3.05) is 0 Å². The third kappa shape index (κ3) is 3.18. The van der Waals surface area contributed by atoms with Crippen LogP contribution in [0.25, 0.3) is 0 Å². The number of hydrogen-bond donors (Lipinski definition) is 0. The van der Waals surface area contributed by atoms with E-state index in [1.54, 1.807) is 0 Å². The number of rotatable bonds is 1. The summed E-state index contributed by atoms with van der Waals surface area (Å²) in [6.07, 6.45) is 0. The molecule has 1 aromatic rings. The molecule has 1 rings (SSSR count). The van der Waals surface area contributed by atoms with Gasteiger partial charge in [0, 0.05) is 0 Å². The quantitative estimate of drug-likeness (QED) is 0.482. The maximum absolute atomic E-state index is 10.6. The fraction of sp³-hybridized carbons (Fsp3) is 0. The third-order valence-corrected chi connectivity index (χ3v) is 1.68. The maximum atomic E-state index is 10.6. The minimum absolute atomic E-state index is 0. The van der Waals surface area contributed by atoms with E-state index in [1.165, 1.54) is 21.8 Å². The van der Waals surface area contributed by atoms with Crippen molar-refractivity contribution in [3.63, 3.8) is 0 Å². The van der Waals surface area contributed by atoms with Gasteiger partial charge < -0.3 is 0 Å². The molecule has 0 aliphatic rings. The van der Waals surface area contributed by atoms with Crippen LogP contribution in [0.15, 0.2) is 30.3 Å². The molecule has 0 spiro atoms. The van der Waals surface area contributed by atoms with Crippen molar-refractivity contribution in [1.82, 2.24) is 0 Å². The molecule has 0 aliphatic carbocycles. The molecule has 0 unspecified atom stereocenters. The van der Waals surface area contributed by atoms with E-state index in [-0.39, 0.29) is 33.3 Å². The van der Waals surface area contributed by atoms with Crippen LogP contribution in [-0.2, 0) is 0 Å². The second-order valence-corrected chi connectivity index (χ2v) is 2.71. The average Bonchev–Trinajstić information content (AvgIpc) is 1.90. The van der Waals surface area contributed by atoms with Gasteiger partial charge in [-0.15, -0.1) is 0 Å². The van der Waals surface area contributed by atoms with E-state index < -0.39 is 0 Å². The summed E-state index contributed by atoms with van der Waals surface area (Å²) in [5.41, 5.74) is 0.780. The molecule has 46 valence electrons. The van der Waals surface area contributed by atoms with Crippen molar-refractivity contribution in [2.24, 2.45) is 0 Å². The number of hydrogen-bond acceptors (Lipinski definition) is 1. The molecule has 0 aromatic heterocycles. The van der Waals surface area contributed by atoms with E-state index in [9.17, 15) is 5.11 Å². The molecule has 0 radical (unpaired) electrons. The summed E-state index contributed by atoms with van der Waals surface area (Å²) in [5.74, 6) is 0. The van der Waals surface area contributed by atoms with Gasteiger partial charge in [0.15, 0.2) is 0 Å². The Balaban J connectivity index is 0.000000810. The van der Waals surface area contributed by atoms with Crippen LogP contribution in [0.4, 0.5) is 0 Å². The summed E-state index contributed by atoms with van der Waals surface area (Å²) >= 11 is 1.50. The van der Waals surface area contributed by atoms with E-state index in [4.69, 9.17) is 0 Å². The summed E-state index contributed by atoms with van der Waals surface area (Å²) in [6.45, 7) is 0. The normalized spacial score (nSPS) is 8.00. The van der Waals surface area contributed by atoms with Gasteiger partial charge in [-0.3, -0.25) is 0 Å². The Kier molecular flexibility index (Phi) is 5.71. The van der Waals surface area contributed by atoms with E-state index in [2.05, 4.69) is 0 Å². The van der Waals surface area contributed by atoms with Gasteiger partial charge in [-0.1, -0.05) is 0 Å². The fourth-order valence-electron chi connectivity index (χ4n) is 0.574. The minimum atomic E-state index is 0. The van der Waals surface area contributed by atoms with Crippen molar-refractivity contribution in [2.45, 2.75) is 0 Å². The van der Waals surface area contributed by atoms with Crippen LogP contribution in [-0.4, -0.2) is 25.6 Å². The molecule has 0 fully saturated rings. The van der Waals surface area contributed by atoms with E-state index >= 15 is 0 Å². The van der Waals surface area contributed by atoms with Crippen molar-refractivity contribution >= 4 is 25.6 Å². The average molecular weight is 256 g/mol. The molecular weight excluding hydrogens is 251 g/mol. The summed E-state index contributed by atoms with van der Waals surface area (Å²) in [6, 6.07) is 9.24. The van der Waals surface area contributed by atoms with Crippen molar-refractivity contribution in [3.05, 3.63) is 35.9 Å². The van der Waals surface area contributed by atoms with Gasteiger partial charge in [0.1, 0.15) is 0 Å². The predicted molar refractivity (Wildman–Crippen MR) is 36.3 cm³/mol. The Bertz CT molecular complexity index is 210. The monoisotopic (exact) mass is 258 g/mol. The van der Waals surface area contributed by atoms with Gasteiger partial charge in [-0.2, -0.15) is 0 Å². The zero-order chi connectivity index (χ0) is 6.69. The third-order valence-electron chi connectivity index (χ3n) is 1.01. The van der Waals surface area contributed by atoms with Gasteiger partial charge in [0.25, 0.3) is 0 Å². The molecule has 0 bridgehead atoms. The Morgan fingerprint density at radius 1 is 1.20 bits per heavy atom. The molecule has 1 aromatic carbocycles. The van der Waals surface area contributed by atoms with E-state index in [0.717, 1.165) is 5.56 Å². The molecule has 3 heteroatoms. The summed E-state index contributed by atoms with van der Waals surface area (Å²) < 4.78 is 0.131. The van der Waals surface area contributed by atoms with Crippen LogP contribution in [0, 0.1) is 0 Å². The first-order valence-corrected chi connectivity index (χ1v) is 3.73. The second kappa shape index (κ2) is 5.35. The summed E-state index contributed by atoms with van der Waals surface area (Å²) in [4.78, 5) is 0. The molecule has 0 heterocycles. The van der Waals surface area contributed by atoms with Crippen molar-refractivity contribution in [3.8, 4) is 0 Å². The molecule has 1 nitrogen and oxygen atoms in total. The number of benzene rings is 1. The van der Waals surface area contributed by atoms with Gasteiger partial charge in [-0.05, 0) is 0 Å². The first-order chi connectivity index (χ1) is 4.30. The van der Waals surface area contributed by atoms with Crippen LogP contribution >= 0.6 is 0 Å². The topological polar surface area (TPSA) is 23.1 Å². The molecule has 0 aliphatic heterocycles. The first kappa shape index (κ1) is 10.7. The van der Waals surface area contributed by atoms with Gasteiger partial charge >= 0.3 is 96.1 Å². The first-order valence-electron chi connectivity index (χ1n) is 2.57. The second-order valence-electron chi connectivity index (χ2n) is 1.65. The van der Waals surface area contributed by atoms with E-state index in [1.807, 2.05) is 30.3 Å². The van der Waals surface area contributed by atoms with Gasteiger partial charge in [0.05, 0.1) is 0 Å². The fourth-order valence-corrected chi connectivity index (χ4v) is 0.963. The predicted octanol–water partition coefficient (Wildman–Crippen LogP) is -3.30. The summed E-state index contributed by atoms with van der Waals surface area (Å²) in [5, 5.41) is 10.6.